The van der Waals surface area contributed by atoms with Gasteiger partial charge in [0.1, 0.15) is 5.82 Å². The maximum absolute atomic E-state index is 13.4. The van der Waals surface area contributed by atoms with Crippen molar-refractivity contribution < 1.29 is 4.39 Å². The van der Waals surface area contributed by atoms with Crippen molar-refractivity contribution in [2.24, 2.45) is 0 Å². The van der Waals surface area contributed by atoms with Crippen molar-refractivity contribution in [3.8, 4) is 6.07 Å². The Morgan fingerprint density at radius 2 is 2.05 bits per heavy atom. The topological polar surface area (TPSA) is 35.8 Å². The predicted molar refractivity (Wildman–Crippen MR) is 82.0 cm³/mol. The zero-order chi connectivity index (χ0) is 14.7. The second-order valence-corrected chi connectivity index (χ2v) is 5.54. The molecule has 0 aliphatic heterocycles. The molecule has 2 rings (SSSR count). The fraction of sp³-hybridized carbons (Fsp3) is 0.188. The molecule has 0 amide bonds. The van der Waals surface area contributed by atoms with E-state index in [1.807, 2.05) is 32.0 Å². The van der Waals surface area contributed by atoms with Crippen LogP contribution in [0.5, 0.6) is 0 Å². The molecule has 2 nitrogen and oxygen atoms in total. The van der Waals surface area contributed by atoms with Gasteiger partial charge in [-0.05, 0) is 65.2 Å². The third kappa shape index (κ3) is 3.17. The molecule has 0 saturated carbocycles. The summed E-state index contributed by atoms with van der Waals surface area (Å²) in [6.07, 6.45) is 0. The Morgan fingerprint density at radius 1 is 1.30 bits per heavy atom. The minimum atomic E-state index is -0.271. The molecule has 0 fully saturated rings. The highest BCUT2D eigenvalue weighted by Gasteiger charge is 2.10. The van der Waals surface area contributed by atoms with E-state index in [1.165, 1.54) is 6.07 Å². The second-order valence-electron chi connectivity index (χ2n) is 4.68. The standard InChI is InChI=1S/C16H14BrFN2/c1-10-6-15(18)14(17)8-16(10)20-11(2)13-5-3-4-12(7-13)9-19/h3-8,11,20H,1-2H3. The lowest BCUT2D eigenvalue weighted by Gasteiger charge is -2.18. The summed E-state index contributed by atoms with van der Waals surface area (Å²) in [6.45, 7) is 3.86. The average Bonchev–Trinajstić information content (AvgIpc) is 2.44. The minimum Gasteiger partial charge on any atom is -0.378 e. The molecule has 0 aromatic heterocycles. The molecule has 1 atom stereocenters. The number of rotatable bonds is 3. The summed E-state index contributed by atoms with van der Waals surface area (Å²) in [5, 5.41) is 12.3. The van der Waals surface area contributed by atoms with Crippen LogP contribution in [-0.4, -0.2) is 0 Å². The van der Waals surface area contributed by atoms with E-state index in [0.29, 0.717) is 10.0 Å². The number of nitrogens with zero attached hydrogens (tertiary/aromatic N) is 1. The van der Waals surface area contributed by atoms with Crippen molar-refractivity contribution >= 4 is 21.6 Å². The summed E-state index contributed by atoms with van der Waals surface area (Å²) < 4.78 is 13.8. The van der Waals surface area contributed by atoms with Crippen LogP contribution >= 0.6 is 15.9 Å². The molecule has 0 bridgehead atoms. The van der Waals surface area contributed by atoms with Crippen LogP contribution in [0.15, 0.2) is 40.9 Å². The maximum Gasteiger partial charge on any atom is 0.137 e. The van der Waals surface area contributed by atoms with Gasteiger partial charge >= 0.3 is 0 Å². The fourth-order valence-electron chi connectivity index (χ4n) is 2.00. The van der Waals surface area contributed by atoms with E-state index in [4.69, 9.17) is 5.26 Å². The third-order valence-corrected chi connectivity index (χ3v) is 3.76. The first-order chi connectivity index (χ1) is 9.51. The molecule has 1 N–H and O–H groups in total. The van der Waals surface area contributed by atoms with Gasteiger partial charge in [-0.3, -0.25) is 0 Å². The molecule has 4 heteroatoms. The van der Waals surface area contributed by atoms with Gasteiger partial charge in [0.15, 0.2) is 0 Å². The first kappa shape index (κ1) is 14.5. The number of benzene rings is 2. The van der Waals surface area contributed by atoms with E-state index < -0.39 is 0 Å². The van der Waals surface area contributed by atoms with Crippen molar-refractivity contribution in [3.63, 3.8) is 0 Å². The fourth-order valence-corrected chi connectivity index (χ4v) is 2.34. The van der Waals surface area contributed by atoms with Gasteiger partial charge in [-0.25, -0.2) is 4.39 Å². The summed E-state index contributed by atoms with van der Waals surface area (Å²) in [5.41, 5.74) is 3.36. The lowest BCUT2D eigenvalue weighted by molar-refractivity contribution is 0.620. The van der Waals surface area contributed by atoms with Gasteiger partial charge in [-0.1, -0.05) is 12.1 Å². The molecule has 0 aliphatic rings. The SMILES string of the molecule is Cc1cc(F)c(Br)cc1NC(C)c1cccc(C#N)c1. The normalized spacial score (nSPS) is 11.8. The molecule has 0 radical (unpaired) electrons. The number of halogens is 2. The Kier molecular flexibility index (Phi) is 4.41. The third-order valence-electron chi connectivity index (χ3n) is 3.16. The predicted octanol–water partition coefficient (Wildman–Crippen LogP) is 4.94. The van der Waals surface area contributed by atoms with Crippen LogP contribution in [0.4, 0.5) is 10.1 Å². The number of hydrogen-bond donors (Lipinski definition) is 1. The Hall–Kier alpha value is -1.86. The van der Waals surface area contributed by atoms with Crippen LogP contribution in [0.25, 0.3) is 0 Å². The summed E-state index contributed by atoms with van der Waals surface area (Å²) >= 11 is 3.19. The largest absolute Gasteiger partial charge is 0.378 e. The van der Waals surface area contributed by atoms with Crippen LogP contribution in [0.2, 0.25) is 0 Å². The average molecular weight is 333 g/mol. The van der Waals surface area contributed by atoms with E-state index >= 15 is 0 Å². The number of nitrogens with one attached hydrogen (secondary N) is 1. The van der Waals surface area contributed by atoms with Crippen LogP contribution in [0.3, 0.4) is 0 Å². The Labute approximate surface area is 126 Å². The van der Waals surface area contributed by atoms with E-state index in [9.17, 15) is 4.39 Å². The first-order valence-corrected chi connectivity index (χ1v) is 7.03. The molecule has 0 heterocycles. The van der Waals surface area contributed by atoms with Gasteiger partial charge in [-0.2, -0.15) is 5.26 Å². The van der Waals surface area contributed by atoms with Crippen molar-refractivity contribution in [1.82, 2.24) is 0 Å². The lowest BCUT2D eigenvalue weighted by atomic mass is 10.0. The summed E-state index contributed by atoms with van der Waals surface area (Å²) in [6, 6.07) is 12.8. The van der Waals surface area contributed by atoms with Crippen LogP contribution in [0.1, 0.15) is 29.7 Å². The van der Waals surface area contributed by atoms with Gasteiger partial charge in [0.25, 0.3) is 0 Å². The Bertz CT molecular complexity index is 677. The molecule has 0 spiro atoms. The van der Waals surface area contributed by atoms with Crippen LogP contribution in [-0.2, 0) is 0 Å². The van der Waals surface area contributed by atoms with Crippen LogP contribution in [0, 0.1) is 24.1 Å². The quantitative estimate of drug-likeness (QED) is 0.863. The molecular formula is C16H14BrFN2. The highest BCUT2D eigenvalue weighted by molar-refractivity contribution is 9.10. The molecule has 0 aliphatic carbocycles. The molecule has 20 heavy (non-hydrogen) atoms. The molecule has 2 aromatic carbocycles. The van der Waals surface area contributed by atoms with Crippen molar-refractivity contribution in [2.75, 3.05) is 5.32 Å². The summed E-state index contributed by atoms with van der Waals surface area (Å²) in [5.74, 6) is -0.271. The number of hydrogen-bond acceptors (Lipinski definition) is 2. The van der Waals surface area contributed by atoms with Crippen LogP contribution < -0.4 is 5.32 Å². The molecule has 2 aromatic rings. The number of aryl methyl sites for hydroxylation is 1. The smallest absolute Gasteiger partial charge is 0.137 e. The summed E-state index contributed by atoms with van der Waals surface area (Å²) in [7, 11) is 0. The highest BCUT2D eigenvalue weighted by atomic mass is 79.9. The summed E-state index contributed by atoms with van der Waals surface area (Å²) in [4.78, 5) is 0. The van der Waals surface area contributed by atoms with E-state index in [2.05, 4.69) is 27.3 Å². The van der Waals surface area contributed by atoms with Crippen molar-refractivity contribution in [2.45, 2.75) is 19.9 Å². The maximum atomic E-state index is 13.4. The number of anilines is 1. The van der Waals surface area contributed by atoms with Gasteiger partial charge in [-0.15, -0.1) is 0 Å². The van der Waals surface area contributed by atoms with Crippen molar-refractivity contribution in [3.05, 3.63) is 63.4 Å². The Morgan fingerprint density at radius 3 is 2.75 bits per heavy atom. The molecule has 102 valence electrons. The van der Waals surface area contributed by atoms with E-state index in [-0.39, 0.29) is 11.9 Å². The first-order valence-electron chi connectivity index (χ1n) is 6.23. The molecular weight excluding hydrogens is 319 g/mol. The Balaban J connectivity index is 2.25. The monoisotopic (exact) mass is 332 g/mol. The van der Waals surface area contributed by atoms with E-state index in [0.717, 1.165) is 16.8 Å². The van der Waals surface area contributed by atoms with Crippen molar-refractivity contribution in [1.29, 1.82) is 5.26 Å². The van der Waals surface area contributed by atoms with Gasteiger partial charge in [0.05, 0.1) is 16.1 Å². The lowest BCUT2D eigenvalue weighted by Crippen LogP contribution is -2.08. The zero-order valence-electron chi connectivity index (χ0n) is 11.2. The highest BCUT2D eigenvalue weighted by Crippen LogP contribution is 2.27. The van der Waals surface area contributed by atoms with Gasteiger partial charge in [0, 0.05) is 11.7 Å². The minimum absolute atomic E-state index is 0.0272. The number of nitriles is 1. The molecule has 0 saturated heterocycles. The second kappa shape index (κ2) is 6.06. The van der Waals surface area contributed by atoms with E-state index in [1.54, 1.807) is 12.1 Å². The zero-order valence-corrected chi connectivity index (χ0v) is 12.8. The molecule has 1 unspecified atom stereocenters. The van der Waals surface area contributed by atoms with Gasteiger partial charge in [0.2, 0.25) is 0 Å². The van der Waals surface area contributed by atoms with Gasteiger partial charge < -0.3 is 5.32 Å².